The summed E-state index contributed by atoms with van der Waals surface area (Å²) in [4.78, 5) is 7.76. The summed E-state index contributed by atoms with van der Waals surface area (Å²) in [5, 5.41) is 8.39. The first kappa shape index (κ1) is 17.6. The van der Waals surface area contributed by atoms with Gasteiger partial charge in [0.25, 0.3) is 0 Å². The number of hydrogen-bond acceptors (Lipinski definition) is 3. The van der Waals surface area contributed by atoms with Gasteiger partial charge >= 0.3 is 0 Å². The van der Waals surface area contributed by atoms with E-state index in [1.54, 1.807) is 0 Å². The van der Waals surface area contributed by atoms with Crippen molar-refractivity contribution in [3.05, 3.63) is 59.0 Å². The first-order valence-electron chi connectivity index (χ1n) is 8.66. The monoisotopic (exact) mass is 356 g/mol. The van der Waals surface area contributed by atoms with Gasteiger partial charge in [0.05, 0.1) is 18.9 Å². The minimum Gasteiger partial charge on any atom is -0.367 e. The zero-order valence-corrected chi connectivity index (χ0v) is 15.7. The zero-order valence-electron chi connectivity index (χ0n) is 15.0. The van der Waals surface area contributed by atoms with Crippen LogP contribution in [0.1, 0.15) is 37.9 Å². The van der Waals surface area contributed by atoms with Crippen LogP contribution >= 0.6 is 11.6 Å². The van der Waals surface area contributed by atoms with Crippen LogP contribution in [-0.4, -0.2) is 17.4 Å². The Hall–Kier alpha value is -2.20. The van der Waals surface area contributed by atoms with Gasteiger partial charge in [0.15, 0.2) is 0 Å². The molecule has 4 nitrogen and oxygen atoms in total. The van der Waals surface area contributed by atoms with Crippen LogP contribution in [0.25, 0.3) is 10.9 Å². The highest BCUT2D eigenvalue weighted by Crippen LogP contribution is 2.33. The third kappa shape index (κ3) is 4.07. The fourth-order valence-corrected chi connectivity index (χ4v) is 3.23. The highest BCUT2D eigenvalue weighted by molar-refractivity contribution is 6.32. The average Bonchev–Trinajstić information content (AvgIpc) is 3.20. The summed E-state index contributed by atoms with van der Waals surface area (Å²) in [5.74, 6) is 2.54. The van der Waals surface area contributed by atoms with Crippen LogP contribution in [0.4, 0.5) is 0 Å². The molecule has 1 unspecified atom stereocenters. The number of nitrogens with one attached hydrogen (secondary N) is 3. The minimum absolute atomic E-state index is 0.422. The van der Waals surface area contributed by atoms with Crippen molar-refractivity contribution in [2.24, 2.45) is 10.9 Å². The van der Waals surface area contributed by atoms with Crippen molar-refractivity contribution in [1.82, 2.24) is 15.6 Å². The summed E-state index contributed by atoms with van der Waals surface area (Å²) >= 11 is 6.50. The smallest absolute Gasteiger partial charge is 0.126 e. The molecule has 0 amide bonds. The molecule has 1 aliphatic rings. The summed E-state index contributed by atoms with van der Waals surface area (Å²) < 4.78 is 0. The molecule has 1 aromatic carbocycles. The van der Waals surface area contributed by atoms with Gasteiger partial charge < -0.3 is 15.6 Å². The van der Waals surface area contributed by atoms with Crippen molar-refractivity contribution < 1.29 is 0 Å². The lowest BCUT2D eigenvalue weighted by Crippen LogP contribution is -2.28. The van der Waals surface area contributed by atoms with Crippen LogP contribution in [0.2, 0.25) is 5.02 Å². The van der Waals surface area contributed by atoms with Crippen molar-refractivity contribution in [2.45, 2.75) is 33.2 Å². The average molecular weight is 357 g/mol. The zero-order chi connectivity index (χ0) is 18.0. The molecule has 1 aromatic heterocycles. The van der Waals surface area contributed by atoms with Gasteiger partial charge in [0, 0.05) is 21.6 Å². The summed E-state index contributed by atoms with van der Waals surface area (Å²) in [6.45, 7) is 12.0. The SMILES string of the molecule is C=C(NCc1cc2cc(Cl)c(C(C)C(C)C)cc2[nH]1)NC1=NCC=C1. The number of aromatic nitrogens is 1. The van der Waals surface area contributed by atoms with Crippen molar-refractivity contribution in [3.63, 3.8) is 0 Å². The third-order valence-corrected chi connectivity index (χ3v) is 5.03. The molecule has 3 rings (SSSR count). The number of H-pyrrole nitrogens is 1. The standard InChI is InChI=1S/C20H25ClN4/c1-12(2)13(3)17-10-19-15(9-18(17)21)8-16(25-19)11-23-14(4)24-20-6-5-7-22-20/h5-6,8-10,12-13,23,25H,4,7,11H2,1-3H3,(H,22,24). The van der Waals surface area contributed by atoms with Gasteiger partial charge in [-0.2, -0.15) is 0 Å². The third-order valence-electron chi connectivity index (χ3n) is 4.70. The Kier molecular flexibility index (Phi) is 5.19. The quantitative estimate of drug-likeness (QED) is 0.702. The second kappa shape index (κ2) is 7.36. The highest BCUT2D eigenvalue weighted by atomic mass is 35.5. The van der Waals surface area contributed by atoms with Crippen LogP contribution in [0.3, 0.4) is 0 Å². The Bertz CT molecular complexity index is 845. The maximum Gasteiger partial charge on any atom is 0.126 e. The molecule has 132 valence electrons. The molecule has 0 aliphatic carbocycles. The van der Waals surface area contributed by atoms with E-state index in [1.165, 1.54) is 5.56 Å². The molecule has 2 aromatic rings. The molecule has 0 saturated heterocycles. The molecular weight excluding hydrogens is 332 g/mol. The molecule has 0 spiro atoms. The van der Waals surface area contributed by atoms with E-state index in [2.05, 4.69) is 66.2 Å². The number of nitrogens with zero attached hydrogens (tertiary/aromatic N) is 1. The Morgan fingerprint density at radius 1 is 1.32 bits per heavy atom. The Balaban J connectivity index is 1.70. The van der Waals surface area contributed by atoms with Gasteiger partial charge in [-0.05, 0) is 41.7 Å². The van der Waals surface area contributed by atoms with E-state index in [9.17, 15) is 0 Å². The van der Waals surface area contributed by atoms with E-state index in [-0.39, 0.29) is 0 Å². The van der Waals surface area contributed by atoms with Gasteiger partial charge in [-0.15, -0.1) is 0 Å². The molecule has 0 saturated carbocycles. The van der Waals surface area contributed by atoms with Crippen LogP contribution in [0, 0.1) is 5.92 Å². The van der Waals surface area contributed by atoms with Crippen molar-refractivity contribution in [2.75, 3.05) is 6.54 Å². The van der Waals surface area contributed by atoms with Gasteiger partial charge in [0.2, 0.25) is 0 Å². The topological polar surface area (TPSA) is 52.2 Å². The maximum atomic E-state index is 6.50. The summed E-state index contributed by atoms with van der Waals surface area (Å²) in [5.41, 5.74) is 3.40. The van der Waals surface area contributed by atoms with Crippen molar-refractivity contribution in [3.8, 4) is 0 Å². The van der Waals surface area contributed by atoms with Crippen LogP contribution in [0.15, 0.2) is 47.7 Å². The first-order chi connectivity index (χ1) is 11.9. The lowest BCUT2D eigenvalue weighted by atomic mass is 9.90. The molecule has 3 N–H and O–H groups in total. The van der Waals surface area contributed by atoms with Crippen LogP contribution in [0.5, 0.6) is 0 Å². The normalized spacial score (nSPS) is 14.8. The van der Waals surface area contributed by atoms with E-state index in [0.717, 1.165) is 39.8 Å². The van der Waals surface area contributed by atoms with Gasteiger partial charge in [-0.3, -0.25) is 4.99 Å². The second-order valence-electron chi connectivity index (χ2n) is 6.87. The summed E-state index contributed by atoms with van der Waals surface area (Å²) in [7, 11) is 0. The van der Waals surface area contributed by atoms with Gasteiger partial charge in [-0.1, -0.05) is 45.0 Å². The molecule has 0 fully saturated rings. The Morgan fingerprint density at radius 2 is 2.12 bits per heavy atom. The predicted octanol–water partition coefficient (Wildman–Crippen LogP) is 4.70. The first-order valence-corrected chi connectivity index (χ1v) is 9.03. The fourth-order valence-electron chi connectivity index (χ4n) is 2.88. The molecular formula is C20H25ClN4. The van der Waals surface area contributed by atoms with Crippen molar-refractivity contribution in [1.29, 1.82) is 0 Å². The summed E-state index contributed by atoms with van der Waals surface area (Å²) in [6, 6.07) is 6.35. The lowest BCUT2D eigenvalue weighted by Gasteiger charge is -2.17. The van der Waals surface area contributed by atoms with Gasteiger partial charge in [0.1, 0.15) is 5.84 Å². The highest BCUT2D eigenvalue weighted by Gasteiger charge is 2.15. The number of aliphatic imine (C=N–C) groups is 1. The number of halogens is 1. The van der Waals surface area contributed by atoms with Gasteiger partial charge in [-0.25, -0.2) is 0 Å². The number of rotatable bonds is 6. The molecule has 1 atom stereocenters. The minimum atomic E-state index is 0.422. The van der Waals surface area contributed by atoms with E-state index in [1.807, 2.05) is 12.2 Å². The molecule has 2 heterocycles. The van der Waals surface area contributed by atoms with Crippen molar-refractivity contribution >= 4 is 28.3 Å². The molecule has 5 heteroatoms. The van der Waals surface area contributed by atoms with Crippen LogP contribution < -0.4 is 10.6 Å². The molecule has 0 bridgehead atoms. The Labute approximate surface area is 154 Å². The Morgan fingerprint density at radius 3 is 2.80 bits per heavy atom. The number of amidine groups is 1. The van der Waals surface area contributed by atoms with Crippen LogP contribution in [-0.2, 0) is 6.54 Å². The van der Waals surface area contributed by atoms with E-state index in [4.69, 9.17) is 11.6 Å². The molecule has 0 radical (unpaired) electrons. The number of hydrogen-bond donors (Lipinski definition) is 3. The second-order valence-corrected chi connectivity index (χ2v) is 7.28. The summed E-state index contributed by atoms with van der Waals surface area (Å²) in [6.07, 6.45) is 3.96. The molecule has 25 heavy (non-hydrogen) atoms. The van der Waals surface area contributed by atoms with E-state index in [0.29, 0.717) is 18.4 Å². The fraction of sp³-hybridized carbons (Fsp3) is 0.350. The lowest BCUT2D eigenvalue weighted by molar-refractivity contribution is 0.535. The number of aromatic amines is 1. The largest absolute Gasteiger partial charge is 0.367 e. The number of benzene rings is 1. The maximum absolute atomic E-state index is 6.50. The predicted molar refractivity (Wildman–Crippen MR) is 107 cm³/mol. The number of fused-ring (bicyclic) bond motifs is 1. The van der Waals surface area contributed by atoms with E-state index < -0.39 is 0 Å². The molecule has 1 aliphatic heterocycles. The van der Waals surface area contributed by atoms with E-state index >= 15 is 0 Å².